The zero-order chi connectivity index (χ0) is 12.3. The summed E-state index contributed by atoms with van der Waals surface area (Å²) in [4.78, 5) is 16.4. The van der Waals surface area contributed by atoms with Crippen molar-refractivity contribution in [3.63, 3.8) is 0 Å². The molecule has 0 unspecified atom stereocenters. The highest BCUT2D eigenvalue weighted by Crippen LogP contribution is 2.20. The summed E-state index contributed by atoms with van der Waals surface area (Å²) in [6, 6.07) is 0. The summed E-state index contributed by atoms with van der Waals surface area (Å²) >= 11 is 0. The van der Waals surface area contributed by atoms with Gasteiger partial charge in [-0.25, -0.2) is 0 Å². The molecule has 0 saturated carbocycles. The number of amides is 1. The van der Waals surface area contributed by atoms with Crippen LogP contribution in [0.1, 0.15) is 20.3 Å². The van der Waals surface area contributed by atoms with Crippen molar-refractivity contribution in [2.75, 3.05) is 45.9 Å². The Balaban J connectivity index is 1.80. The van der Waals surface area contributed by atoms with Gasteiger partial charge in [0.15, 0.2) is 0 Å². The quantitative estimate of drug-likeness (QED) is 0.716. The zero-order valence-corrected chi connectivity index (χ0v) is 11.0. The Morgan fingerprint density at radius 2 is 1.76 bits per heavy atom. The summed E-state index contributed by atoms with van der Waals surface area (Å²) in [7, 11) is 0. The molecular formula is C13H24N2O2. The van der Waals surface area contributed by atoms with Gasteiger partial charge in [-0.2, -0.15) is 0 Å². The molecule has 4 heteroatoms. The van der Waals surface area contributed by atoms with E-state index in [0.717, 1.165) is 38.0 Å². The molecule has 0 aromatic rings. The van der Waals surface area contributed by atoms with Gasteiger partial charge in [-0.1, -0.05) is 13.8 Å². The fourth-order valence-corrected chi connectivity index (χ4v) is 3.03. The minimum atomic E-state index is 0.273. The molecule has 2 aliphatic heterocycles. The lowest BCUT2D eigenvalue weighted by Gasteiger charge is -2.36. The molecule has 0 aromatic carbocycles. The van der Waals surface area contributed by atoms with Crippen molar-refractivity contribution in [2.45, 2.75) is 20.3 Å². The van der Waals surface area contributed by atoms with Crippen LogP contribution < -0.4 is 0 Å². The number of morpholine rings is 1. The van der Waals surface area contributed by atoms with Gasteiger partial charge in [0.1, 0.15) is 0 Å². The summed E-state index contributed by atoms with van der Waals surface area (Å²) in [6.45, 7) is 10.2. The van der Waals surface area contributed by atoms with Crippen LogP contribution in [-0.2, 0) is 9.53 Å². The Kier molecular flexibility index (Phi) is 4.40. The molecule has 0 radical (unpaired) electrons. The standard InChI is InChI=1S/C13H24N2O2/c1-11-7-12(2)9-14(8-11)10-13(16)15-3-5-17-6-4-15/h11-12H,3-10H2,1-2H3/t11-,12+. The molecule has 0 aromatic heterocycles. The van der Waals surface area contributed by atoms with Gasteiger partial charge in [-0.15, -0.1) is 0 Å². The number of rotatable bonds is 2. The van der Waals surface area contributed by atoms with Crippen molar-refractivity contribution in [1.29, 1.82) is 0 Å². The third-order valence-electron chi connectivity index (χ3n) is 3.67. The van der Waals surface area contributed by atoms with E-state index in [-0.39, 0.29) is 5.91 Å². The van der Waals surface area contributed by atoms with Crippen LogP contribution >= 0.6 is 0 Å². The van der Waals surface area contributed by atoms with Crippen molar-refractivity contribution in [1.82, 2.24) is 9.80 Å². The molecule has 0 N–H and O–H groups in total. The van der Waals surface area contributed by atoms with Crippen LogP contribution in [-0.4, -0.2) is 61.6 Å². The van der Waals surface area contributed by atoms with Crippen LogP contribution in [0.2, 0.25) is 0 Å². The molecule has 0 bridgehead atoms. The Morgan fingerprint density at radius 1 is 1.18 bits per heavy atom. The number of hydrogen-bond donors (Lipinski definition) is 0. The molecule has 2 rings (SSSR count). The van der Waals surface area contributed by atoms with E-state index in [1.807, 2.05) is 4.90 Å². The van der Waals surface area contributed by atoms with E-state index >= 15 is 0 Å². The van der Waals surface area contributed by atoms with Crippen molar-refractivity contribution < 1.29 is 9.53 Å². The highest BCUT2D eigenvalue weighted by molar-refractivity contribution is 5.78. The molecule has 4 nitrogen and oxygen atoms in total. The van der Waals surface area contributed by atoms with Gasteiger partial charge in [-0.05, 0) is 18.3 Å². The SMILES string of the molecule is C[C@@H]1C[C@H](C)CN(CC(=O)N2CCOCC2)C1. The fraction of sp³-hybridized carbons (Fsp3) is 0.923. The maximum absolute atomic E-state index is 12.1. The number of hydrogen-bond acceptors (Lipinski definition) is 3. The van der Waals surface area contributed by atoms with Crippen molar-refractivity contribution in [2.24, 2.45) is 11.8 Å². The molecular weight excluding hydrogens is 216 g/mol. The van der Waals surface area contributed by atoms with Crippen LogP contribution in [0.3, 0.4) is 0 Å². The maximum atomic E-state index is 12.1. The van der Waals surface area contributed by atoms with Gasteiger partial charge < -0.3 is 9.64 Å². The number of ether oxygens (including phenoxy) is 1. The van der Waals surface area contributed by atoms with Crippen molar-refractivity contribution in [3.05, 3.63) is 0 Å². The van der Waals surface area contributed by atoms with Crippen LogP contribution in [0.5, 0.6) is 0 Å². The second-order valence-electron chi connectivity index (χ2n) is 5.63. The van der Waals surface area contributed by atoms with Gasteiger partial charge in [0.2, 0.25) is 5.91 Å². The van der Waals surface area contributed by atoms with Crippen LogP contribution in [0.15, 0.2) is 0 Å². The lowest BCUT2D eigenvalue weighted by molar-refractivity contribution is -0.137. The van der Waals surface area contributed by atoms with E-state index in [2.05, 4.69) is 18.7 Å². The van der Waals surface area contributed by atoms with Gasteiger partial charge in [0.25, 0.3) is 0 Å². The number of carbonyl (C=O) groups is 1. The van der Waals surface area contributed by atoms with E-state index in [4.69, 9.17) is 4.74 Å². The van der Waals surface area contributed by atoms with Gasteiger partial charge >= 0.3 is 0 Å². The molecule has 2 atom stereocenters. The highest BCUT2D eigenvalue weighted by atomic mass is 16.5. The number of carbonyl (C=O) groups excluding carboxylic acids is 1. The normalized spacial score (nSPS) is 31.5. The summed E-state index contributed by atoms with van der Waals surface area (Å²) in [6.07, 6.45) is 1.29. The van der Waals surface area contributed by atoms with Gasteiger partial charge in [-0.3, -0.25) is 9.69 Å². The Bertz CT molecular complexity index is 254. The lowest BCUT2D eigenvalue weighted by Crippen LogP contribution is -2.48. The molecule has 2 aliphatic rings. The Morgan fingerprint density at radius 3 is 2.35 bits per heavy atom. The van der Waals surface area contributed by atoms with Gasteiger partial charge in [0.05, 0.1) is 19.8 Å². The highest BCUT2D eigenvalue weighted by Gasteiger charge is 2.25. The number of nitrogens with zero attached hydrogens (tertiary/aromatic N) is 2. The van der Waals surface area contributed by atoms with E-state index in [1.165, 1.54) is 6.42 Å². The molecule has 17 heavy (non-hydrogen) atoms. The van der Waals surface area contributed by atoms with E-state index < -0.39 is 0 Å². The lowest BCUT2D eigenvalue weighted by atomic mass is 9.92. The molecule has 98 valence electrons. The van der Waals surface area contributed by atoms with Gasteiger partial charge in [0, 0.05) is 26.2 Å². The number of likely N-dealkylation sites (tertiary alicyclic amines) is 1. The van der Waals surface area contributed by atoms with E-state index in [1.54, 1.807) is 0 Å². The largest absolute Gasteiger partial charge is 0.378 e. The molecule has 0 aliphatic carbocycles. The predicted octanol–water partition coefficient (Wildman–Crippen LogP) is 0.823. The summed E-state index contributed by atoms with van der Waals surface area (Å²) in [5.74, 6) is 1.71. The fourth-order valence-electron chi connectivity index (χ4n) is 3.03. The van der Waals surface area contributed by atoms with Crippen LogP contribution in [0.25, 0.3) is 0 Å². The first kappa shape index (κ1) is 12.8. The predicted molar refractivity (Wildman–Crippen MR) is 66.8 cm³/mol. The van der Waals surface area contributed by atoms with Crippen molar-refractivity contribution in [3.8, 4) is 0 Å². The third kappa shape index (κ3) is 3.68. The van der Waals surface area contributed by atoms with Crippen LogP contribution in [0, 0.1) is 11.8 Å². The Labute approximate surface area is 104 Å². The second kappa shape index (κ2) is 5.83. The molecule has 2 heterocycles. The summed E-state index contributed by atoms with van der Waals surface area (Å²) in [5, 5.41) is 0. The van der Waals surface area contributed by atoms with E-state index in [9.17, 15) is 4.79 Å². The minimum Gasteiger partial charge on any atom is -0.378 e. The first-order valence-electron chi connectivity index (χ1n) is 6.73. The monoisotopic (exact) mass is 240 g/mol. The topological polar surface area (TPSA) is 32.8 Å². The number of piperidine rings is 1. The third-order valence-corrected chi connectivity index (χ3v) is 3.67. The average molecular weight is 240 g/mol. The minimum absolute atomic E-state index is 0.273. The first-order chi connectivity index (χ1) is 8.15. The molecule has 2 saturated heterocycles. The smallest absolute Gasteiger partial charge is 0.236 e. The van der Waals surface area contributed by atoms with E-state index in [0.29, 0.717) is 19.8 Å². The maximum Gasteiger partial charge on any atom is 0.236 e. The zero-order valence-electron chi connectivity index (χ0n) is 11.0. The summed E-state index contributed by atoms with van der Waals surface area (Å²) < 4.78 is 5.27. The first-order valence-corrected chi connectivity index (χ1v) is 6.73. The van der Waals surface area contributed by atoms with Crippen LogP contribution in [0.4, 0.5) is 0 Å². The molecule has 0 spiro atoms. The molecule has 1 amide bonds. The Hall–Kier alpha value is -0.610. The molecule has 2 fully saturated rings. The second-order valence-corrected chi connectivity index (χ2v) is 5.63. The summed E-state index contributed by atoms with van der Waals surface area (Å²) in [5.41, 5.74) is 0. The average Bonchev–Trinajstić information content (AvgIpc) is 2.28. The van der Waals surface area contributed by atoms with Crippen molar-refractivity contribution >= 4 is 5.91 Å².